The van der Waals surface area contributed by atoms with Crippen molar-refractivity contribution in [3.05, 3.63) is 15.6 Å². The van der Waals surface area contributed by atoms with E-state index in [1.54, 1.807) is 0 Å². The van der Waals surface area contributed by atoms with Crippen LogP contribution in [0.5, 0.6) is 0 Å². The van der Waals surface area contributed by atoms with E-state index in [1.807, 2.05) is 18.3 Å². The zero-order valence-electron chi connectivity index (χ0n) is 9.99. The second-order valence-electron chi connectivity index (χ2n) is 4.58. The fourth-order valence-electron chi connectivity index (χ4n) is 2.20. The highest BCUT2D eigenvalue weighted by Gasteiger charge is 2.23. The summed E-state index contributed by atoms with van der Waals surface area (Å²) < 4.78 is 0. The lowest BCUT2D eigenvalue weighted by molar-refractivity contribution is 0.182. The normalized spacial score (nSPS) is 21.8. The molecule has 4 heteroatoms. The molecule has 0 saturated carbocycles. The SMILES string of the molecule is Cc1nc2c(s1)C(NCCC(C)O)CCC2. The lowest BCUT2D eigenvalue weighted by Crippen LogP contribution is -2.26. The average molecular weight is 240 g/mol. The van der Waals surface area contributed by atoms with Gasteiger partial charge in [0.15, 0.2) is 0 Å². The summed E-state index contributed by atoms with van der Waals surface area (Å²) in [7, 11) is 0. The van der Waals surface area contributed by atoms with E-state index in [1.165, 1.54) is 28.4 Å². The molecular formula is C12H20N2OS. The number of thiazole rings is 1. The van der Waals surface area contributed by atoms with Crippen LogP contribution in [0, 0.1) is 6.92 Å². The van der Waals surface area contributed by atoms with E-state index < -0.39 is 0 Å². The Morgan fingerprint density at radius 3 is 3.19 bits per heavy atom. The Balaban J connectivity index is 1.96. The number of hydrogen-bond donors (Lipinski definition) is 2. The van der Waals surface area contributed by atoms with Gasteiger partial charge >= 0.3 is 0 Å². The van der Waals surface area contributed by atoms with Crippen molar-refractivity contribution in [2.75, 3.05) is 6.54 Å². The Kier molecular flexibility index (Phi) is 3.95. The zero-order valence-corrected chi connectivity index (χ0v) is 10.8. The van der Waals surface area contributed by atoms with Gasteiger partial charge in [-0.05, 0) is 46.1 Å². The maximum Gasteiger partial charge on any atom is 0.0900 e. The fraction of sp³-hybridized carbons (Fsp3) is 0.750. The number of nitrogens with zero attached hydrogens (tertiary/aromatic N) is 1. The molecule has 16 heavy (non-hydrogen) atoms. The van der Waals surface area contributed by atoms with Gasteiger partial charge < -0.3 is 10.4 Å². The van der Waals surface area contributed by atoms with E-state index in [4.69, 9.17) is 0 Å². The third kappa shape index (κ3) is 2.81. The first-order valence-electron chi connectivity index (χ1n) is 6.04. The lowest BCUT2D eigenvalue weighted by Gasteiger charge is -2.22. The topological polar surface area (TPSA) is 45.2 Å². The summed E-state index contributed by atoms with van der Waals surface area (Å²) in [6.07, 6.45) is 4.17. The Bertz CT molecular complexity index is 349. The fourth-order valence-corrected chi connectivity index (χ4v) is 3.29. The molecule has 0 aliphatic heterocycles. The van der Waals surface area contributed by atoms with Crippen molar-refractivity contribution in [3.8, 4) is 0 Å². The van der Waals surface area contributed by atoms with E-state index >= 15 is 0 Å². The maximum absolute atomic E-state index is 9.23. The van der Waals surface area contributed by atoms with Crippen molar-refractivity contribution in [1.29, 1.82) is 0 Å². The highest BCUT2D eigenvalue weighted by atomic mass is 32.1. The van der Waals surface area contributed by atoms with E-state index in [9.17, 15) is 5.11 Å². The quantitative estimate of drug-likeness (QED) is 0.848. The van der Waals surface area contributed by atoms with Crippen LogP contribution in [-0.4, -0.2) is 22.7 Å². The van der Waals surface area contributed by atoms with Gasteiger partial charge in [0.1, 0.15) is 0 Å². The van der Waals surface area contributed by atoms with E-state index in [0.717, 1.165) is 19.4 Å². The molecule has 0 fully saturated rings. The molecule has 3 nitrogen and oxygen atoms in total. The summed E-state index contributed by atoms with van der Waals surface area (Å²) in [6, 6.07) is 0.466. The van der Waals surface area contributed by atoms with Gasteiger partial charge in [-0.2, -0.15) is 0 Å². The highest BCUT2D eigenvalue weighted by molar-refractivity contribution is 7.11. The zero-order chi connectivity index (χ0) is 11.5. The van der Waals surface area contributed by atoms with Crippen LogP contribution in [-0.2, 0) is 6.42 Å². The monoisotopic (exact) mass is 240 g/mol. The standard InChI is InChI=1S/C12H20N2OS/c1-8(15)6-7-13-10-4-3-5-11-12(10)16-9(2)14-11/h8,10,13,15H,3-7H2,1-2H3. The predicted molar refractivity (Wildman–Crippen MR) is 66.8 cm³/mol. The van der Waals surface area contributed by atoms with Crippen molar-refractivity contribution in [2.24, 2.45) is 0 Å². The Morgan fingerprint density at radius 2 is 2.44 bits per heavy atom. The van der Waals surface area contributed by atoms with Crippen LogP contribution in [0.1, 0.15) is 47.8 Å². The number of aryl methyl sites for hydroxylation is 2. The first-order chi connectivity index (χ1) is 7.66. The molecule has 0 bridgehead atoms. The van der Waals surface area contributed by atoms with E-state index in [2.05, 4.69) is 17.2 Å². The van der Waals surface area contributed by atoms with Crippen LogP contribution in [0.25, 0.3) is 0 Å². The lowest BCUT2D eigenvalue weighted by atomic mass is 9.98. The third-order valence-corrected chi connectivity index (χ3v) is 4.14. The molecule has 1 aliphatic rings. The molecule has 0 spiro atoms. The molecule has 1 aromatic rings. The van der Waals surface area contributed by atoms with Crippen molar-refractivity contribution < 1.29 is 5.11 Å². The molecule has 0 aromatic carbocycles. The Morgan fingerprint density at radius 1 is 1.62 bits per heavy atom. The molecule has 1 aromatic heterocycles. The molecule has 2 N–H and O–H groups in total. The summed E-state index contributed by atoms with van der Waals surface area (Å²) >= 11 is 1.82. The predicted octanol–water partition coefficient (Wildman–Crippen LogP) is 2.19. The van der Waals surface area contributed by atoms with Crippen LogP contribution in [0.15, 0.2) is 0 Å². The van der Waals surface area contributed by atoms with Gasteiger partial charge in [0.2, 0.25) is 0 Å². The van der Waals surface area contributed by atoms with Crippen molar-refractivity contribution in [2.45, 2.75) is 51.7 Å². The maximum atomic E-state index is 9.23. The van der Waals surface area contributed by atoms with Gasteiger partial charge in [-0.25, -0.2) is 4.98 Å². The first kappa shape index (κ1) is 12.0. The molecule has 0 saturated heterocycles. The van der Waals surface area contributed by atoms with E-state index in [-0.39, 0.29) is 6.10 Å². The van der Waals surface area contributed by atoms with Gasteiger partial charge in [-0.15, -0.1) is 11.3 Å². The number of rotatable bonds is 4. The minimum absolute atomic E-state index is 0.209. The smallest absolute Gasteiger partial charge is 0.0900 e. The molecule has 2 rings (SSSR count). The minimum atomic E-state index is -0.209. The highest BCUT2D eigenvalue weighted by Crippen LogP contribution is 2.33. The van der Waals surface area contributed by atoms with Crippen LogP contribution >= 0.6 is 11.3 Å². The summed E-state index contributed by atoms with van der Waals surface area (Å²) in [4.78, 5) is 6.00. The molecular weight excluding hydrogens is 220 g/mol. The summed E-state index contributed by atoms with van der Waals surface area (Å²) in [5.74, 6) is 0. The van der Waals surface area contributed by atoms with Gasteiger partial charge in [0.25, 0.3) is 0 Å². The van der Waals surface area contributed by atoms with Crippen LogP contribution in [0.4, 0.5) is 0 Å². The van der Waals surface area contributed by atoms with Gasteiger partial charge in [0, 0.05) is 10.9 Å². The Labute approximate surface area is 101 Å². The van der Waals surface area contributed by atoms with E-state index in [0.29, 0.717) is 6.04 Å². The molecule has 1 heterocycles. The number of aliphatic hydroxyl groups excluding tert-OH is 1. The van der Waals surface area contributed by atoms with Crippen LogP contribution in [0.2, 0.25) is 0 Å². The van der Waals surface area contributed by atoms with Gasteiger partial charge in [0.05, 0.1) is 16.8 Å². The molecule has 1 aliphatic carbocycles. The molecule has 0 amide bonds. The summed E-state index contributed by atoms with van der Waals surface area (Å²) in [5.41, 5.74) is 1.29. The van der Waals surface area contributed by atoms with Crippen molar-refractivity contribution >= 4 is 11.3 Å². The summed E-state index contributed by atoms with van der Waals surface area (Å²) in [5, 5.41) is 13.9. The molecule has 90 valence electrons. The summed E-state index contributed by atoms with van der Waals surface area (Å²) in [6.45, 7) is 4.80. The second kappa shape index (κ2) is 5.25. The number of aliphatic hydroxyl groups is 1. The molecule has 2 atom stereocenters. The Hall–Kier alpha value is -0.450. The number of fused-ring (bicyclic) bond motifs is 1. The largest absolute Gasteiger partial charge is 0.393 e. The number of hydrogen-bond acceptors (Lipinski definition) is 4. The van der Waals surface area contributed by atoms with Crippen molar-refractivity contribution in [1.82, 2.24) is 10.3 Å². The molecule has 0 radical (unpaired) electrons. The molecule has 2 unspecified atom stereocenters. The van der Waals surface area contributed by atoms with Gasteiger partial charge in [-0.1, -0.05) is 0 Å². The second-order valence-corrected chi connectivity index (χ2v) is 5.82. The van der Waals surface area contributed by atoms with Gasteiger partial charge in [-0.3, -0.25) is 0 Å². The van der Waals surface area contributed by atoms with Crippen molar-refractivity contribution in [3.63, 3.8) is 0 Å². The van der Waals surface area contributed by atoms with Crippen LogP contribution in [0.3, 0.4) is 0 Å². The first-order valence-corrected chi connectivity index (χ1v) is 6.86. The number of nitrogens with one attached hydrogen (secondary N) is 1. The average Bonchev–Trinajstić information content (AvgIpc) is 2.58. The van der Waals surface area contributed by atoms with Crippen LogP contribution < -0.4 is 5.32 Å². The third-order valence-electron chi connectivity index (χ3n) is 3.01. The number of aromatic nitrogens is 1. The minimum Gasteiger partial charge on any atom is -0.393 e.